The number of carbonyl (C=O) groups is 3. The van der Waals surface area contributed by atoms with Gasteiger partial charge in [0.05, 0.1) is 18.7 Å². The van der Waals surface area contributed by atoms with E-state index in [0.717, 1.165) is 18.4 Å². The van der Waals surface area contributed by atoms with Crippen molar-refractivity contribution in [3.63, 3.8) is 0 Å². The Morgan fingerprint density at radius 3 is 2.53 bits per heavy atom. The number of aryl methyl sites for hydroxylation is 1. The summed E-state index contributed by atoms with van der Waals surface area (Å²) in [6.45, 7) is 3.27. The van der Waals surface area contributed by atoms with Gasteiger partial charge in [0.25, 0.3) is 5.91 Å². The Balaban J connectivity index is 1.57. The van der Waals surface area contributed by atoms with Gasteiger partial charge in [0.2, 0.25) is 5.91 Å². The van der Waals surface area contributed by atoms with Gasteiger partial charge in [0.15, 0.2) is 0 Å². The minimum Gasteiger partial charge on any atom is -0.495 e. The highest BCUT2D eigenvalue weighted by Crippen LogP contribution is 2.36. The molecule has 0 radical (unpaired) electrons. The number of hydrogen-bond donors (Lipinski definition) is 2. The fourth-order valence-corrected chi connectivity index (χ4v) is 4.40. The third-order valence-corrected chi connectivity index (χ3v) is 6.44. The number of nitrogens with one attached hydrogen (secondary N) is 2. The number of hydrogen-bond acceptors (Lipinski definition) is 5. The predicted molar refractivity (Wildman–Crippen MR) is 112 cm³/mol. The Bertz CT molecular complexity index is 838. The summed E-state index contributed by atoms with van der Waals surface area (Å²) in [5.74, 6) is 0.528. The zero-order chi connectivity index (χ0) is 21.9. The number of rotatable bonds is 7. The smallest absolute Gasteiger partial charge is 0.322 e. The Labute approximate surface area is 181 Å². The summed E-state index contributed by atoms with van der Waals surface area (Å²) in [4.78, 5) is 38.3. The van der Waals surface area contributed by atoms with Gasteiger partial charge in [-0.25, -0.2) is 4.79 Å². The molecule has 164 valence electrons. The molecule has 0 aromatic heterocycles. The van der Waals surface area contributed by atoms with Crippen molar-refractivity contribution in [3.8, 4) is 5.75 Å². The van der Waals surface area contributed by atoms with Crippen LogP contribution in [0.4, 0.5) is 4.79 Å². The topological polar surface area (TPSA) is 97.0 Å². The molecular formula is C21H28ClN3O5. The van der Waals surface area contributed by atoms with E-state index in [0.29, 0.717) is 29.8 Å². The zero-order valence-electron chi connectivity index (χ0n) is 17.5. The van der Waals surface area contributed by atoms with E-state index in [2.05, 4.69) is 16.7 Å². The second-order valence-electron chi connectivity index (χ2n) is 7.93. The second-order valence-corrected chi connectivity index (χ2v) is 8.31. The highest BCUT2D eigenvalue weighted by molar-refractivity contribution is 6.32. The molecule has 1 atom stereocenters. The maximum Gasteiger partial charge on any atom is 0.322 e. The molecule has 9 heteroatoms. The lowest BCUT2D eigenvalue weighted by Crippen LogP contribution is -2.51. The van der Waals surface area contributed by atoms with Crippen molar-refractivity contribution in [1.82, 2.24) is 15.5 Å². The molecule has 2 aliphatic heterocycles. The number of benzene rings is 1. The van der Waals surface area contributed by atoms with Crippen LogP contribution in [0, 0.1) is 6.92 Å². The average Bonchev–Trinajstić information content (AvgIpc) is 3.01. The first kappa shape index (κ1) is 22.4. The highest BCUT2D eigenvalue weighted by Gasteiger charge is 2.46. The van der Waals surface area contributed by atoms with Crippen LogP contribution < -0.4 is 15.4 Å². The summed E-state index contributed by atoms with van der Waals surface area (Å²) in [6.07, 6.45) is 2.05. The molecule has 1 aromatic rings. The summed E-state index contributed by atoms with van der Waals surface area (Å²) >= 11 is 6.27. The number of imide groups is 1. The van der Waals surface area contributed by atoms with Crippen molar-refractivity contribution in [1.29, 1.82) is 0 Å². The molecule has 2 heterocycles. The number of methoxy groups -OCH3 is 2. The first-order chi connectivity index (χ1) is 14.3. The predicted octanol–water partition coefficient (Wildman–Crippen LogP) is 2.37. The van der Waals surface area contributed by atoms with E-state index in [9.17, 15) is 14.4 Å². The summed E-state index contributed by atoms with van der Waals surface area (Å²) in [7, 11) is 3.06. The second kappa shape index (κ2) is 9.22. The summed E-state index contributed by atoms with van der Waals surface area (Å²) in [5.41, 5.74) is 0.965. The molecule has 0 bridgehead atoms. The van der Waals surface area contributed by atoms with Crippen LogP contribution in [0.15, 0.2) is 12.1 Å². The van der Waals surface area contributed by atoms with Crippen molar-refractivity contribution in [2.75, 3.05) is 33.9 Å². The van der Waals surface area contributed by atoms with Gasteiger partial charge in [-0.3, -0.25) is 14.9 Å². The monoisotopic (exact) mass is 437 g/mol. The largest absolute Gasteiger partial charge is 0.495 e. The zero-order valence-corrected chi connectivity index (χ0v) is 18.3. The molecule has 1 aromatic carbocycles. The van der Waals surface area contributed by atoms with E-state index >= 15 is 0 Å². The lowest BCUT2D eigenvalue weighted by molar-refractivity contribution is -0.133. The number of nitrogens with zero attached hydrogens (tertiary/aromatic N) is 1. The molecule has 2 fully saturated rings. The molecule has 0 unspecified atom stereocenters. The van der Waals surface area contributed by atoms with E-state index in [1.807, 2.05) is 17.9 Å². The Morgan fingerprint density at radius 2 is 1.97 bits per heavy atom. The first-order valence-electron chi connectivity index (χ1n) is 10.0. The third-order valence-electron chi connectivity index (χ3n) is 5.95. The number of piperidine rings is 1. The van der Waals surface area contributed by atoms with Gasteiger partial charge >= 0.3 is 6.03 Å². The molecular weight excluding hydrogens is 410 g/mol. The quantitative estimate of drug-likeness (QED) is 0.638. The standard InChI is InChI=1S/C21H28ClN3O5/c1-13-10-15(11-16(30-3)18(13)22)14-5-8-25(9-6-14)17(26)4-7-21(12-29-2)19(27)23-20(28)24-21/h10-11,14H,4-9,12H2,1-3H3,(H2,23,24,27,28)/t21-/m0/s1. The molecule has 0 saturated carbocycles. The SMILES string of the molecule is COC[C@]1(CCC(=O)N2CCC(c3cc(C)c(Cl)c(OC)c3)CC2)NC(=O)NC1=O. The number of likely N-dealkylation sites (tertiary alicyclic amines) is 1. The number of ether oxygens (including phenoxy) is 2. The number of amides is 4. The molecule has 2 aliphatic rings. The van der Waals surface area contributed by atoms with Crippen LogP contribution in [0.3, 0.4) is 0 Å². The molecule has 0 aliphatic carbocycles. The third kappa shape index (κ3) is 4.54. The number of urea groups is 1. The van der Waals surface area contributed by atoms with Gasteiger partial charge in [-0.1, -0.05) is 17.7 Å². The molecule has 2 saturated heterocycles. The van der Waals surface area contributed by atoms with Gasteiger partial charge in [-0.2, -0.15) is 0 Å². The summed E-state index contributed by atoms with van der Waals surface area (Å²) in [6, 6.07) is 3.51. The lowest BCUT2D eigenvalue weighted by Gasteiger charge is -2.33. The van der Waals surface area contributed by atoms with Gasteiger partial charge in [-0.15, -0.1) is 0 Å². The van der Waals surface area contributed by atoms with Crippen molar-refractivity contribution in [2.45, 2.75) is 44.1 Å². The van der Waals surface area contributed by atoms with E-state index in [-0.39, 0.29) is 25.4 Å². The maximum absolute atomic E-state index is 12.7. The average molecular weight is 438 g/mol. The van der Waals surface area contributed by atoms with Crippen molar-refractivity contribution < 1.29 is 23.9 Å². The maximum atomic E-state index is 12.7. The van der Waals surface area contributed by atoms with Crippen molar-refractivity contribution >= 4 is 29.4 Å². The van der Waals surface area contributed by atoms with E-state index in [1.54, 1.807) is 7.11 Å². The van der Waals surface area contributed by atoms with Crippen LogP contribution in [0.25, 0.3) is 0 Å². The Kier molecular flexibility index (Phi) is 6.88. The number of carbonyl (C=O) groups excluding carboxylic acids is 3. The summed E-state index contributed by atoms with van der Waals surface area (Å²) in [5, 5.41) is 5.46. The van der Waals surface area contributed by atoms with Crippen LogP contribution in [-0.4, -0.2) is 62.2 Å². The van der Waals surface area contributed by atoms with Crippen LogP contribution >= 0.6 is 11.6 Å². The van der Waals surface area contributed by atoms with Crippen LogP contribution in [0.1, 0.15) is 42.7 Å². The molecule has 30 heavy (non-hydrogen) atoms. The van der Waals surface area contributed by atoms with Crippen LogP contribution in [0.2, 0.25) is 5.02 Å². The number of halogens is 1. The molecule has 0 spiro atoms. The van der Waals surface area contributed by atoms with Gasteiger partial charge in [0, 0.05) is 26.6 Å². The van der Waals surface area contributed by atoms with E-state index in [1.165, 1.54) is 12.7 Å². The molecule has 3 rings (SSSR count). The van der Waals surface area contributed by atoms with Crippen LogP contribution in [-0.2, 0) is 14.3 Å². The Hall–Kier alpha value is -2.32. The fraction of sp³-hybridized carbons (Fsp3) is 0.571. The van der Waals surface area contributed by atoms with Crippen molar-refractivity contribution in [3.05, 3.63) is 28.3 Å². The van der Waals surface area contributed by atoms with Crippen LogP contribution in [0.5, 0.6) is 5.75 Å². The minimum atomic E-state index is -1.18. The van der Waals surface area contributed by atoms with E-state index < -0.39 is 17.5 Å². The molecule has 2 N–H and O–H groups in total. The Morgan fingerprint density at radius 1 is 1.27 bits per heavy atom. The summed E-state index contributed by atoms with van der Waals surface area (Å²) < 4.78 is 10.5. The molecule has 4 amide bonds. The normalized spacial score (nSPS) is 22.1. The van der Waals surface area contributed by atoms with E-state index in [4.69, 9.17) is 21.1 Å². The van der Waals surface area contributed by atoms with Gasteiger partial charge < -0.3 is 19.7 Å². The van der Waals surface area contributed by atoms with Gasteiger partial charge in [0.1, 0.15) is 11.3 Å². The first-order valence-corrected chi connectivity index (χ1v) is 10.4. The van der Waals surface area contributed by atoms with Crippen molar-refractivity contribution in [2.24, 2.45) is 0 Å². The van der Waals surface area contributed by atoms with Gasteiger partial charge in [-0.05, 0) is 49.3 Å². The molecule has 8 nitrogen and oxygen atoms in total. The fourth-order valence-electron chi connectivity index (χ4n) is 4.21. The highest BCUT2D eigenvalue weighted by atomic mass is 35.5. The lowest BCUT2D eigenvalue weighted by atomic mass is 9.88. The minimum absolute atomic E-state index is 0.0252.